The Hall–Kier alpha value is -2.09. The third-order valence-corrected chi connectivity index (χ3v) is 3.90. The number of sulfonamides is 1. The lowest BCUT2D eigenvalue weighted by molar-refractivity contribution is 0.532. The minimum atomic E-state index is -3.75. The van der Waals surface area contributed by atoms with Gasteiger partial charge < -0.3 is 5.73 Å². The first-order valence-electron chi connectivity index (χ1n) is 5.67. The van der Waals surface area contributed by atoms with E-state index in [1.54, 1.807) is 10.9 Å². The van der Waals surface area contributed by atoms with Crippen molar-refractivity contribution in [3.63, 3.8) is 0 Å². The molecule has 0 saturated heterocycles. The van der Waals surface area contributed by atoms with Crippen LogP contribution in [0.2, 0.25) is 0 Å². The molecule has 8 heteroatoms. The molecule has 3 N–H and O–H groups in total. The first kappa shape index (κ1) is 13.3. The molecule has 2 aromatic heterocycles. The third-order valence-electron chi connectivity index (χ3n) is 2.47. The van der Waals surface area contributed by atoms with Gasteiger partial charge in [0.1, 0.15) is 10.7 Å². The summed E-state index contributed by atoms with van der Waals surface area (Å²) in [5.74, 6) is -0.0359. The number of hydrogen-bond acceptors (Lipinski definition) is 5. The zero-order chi connectivity index (χ0) is 14.0. The summed E-state index contributed by atoms with van der Waals surface area (Å²) in [5, 5.41) is 4.06. The van der Waals surface area contributed by atoms with E-state index in [0.29, 0.717) is 5.69 Å². The van der Waals surface area contributed by atoms with Crippen molar-refractivity contribution in [2.75, 3.05) is 10.5 Å². The number of nitrogen functional groups attached to an aromatic ring is 1. The second-order valence-electron chi connectivity index (χ2n) is 4.30. The molecule has 0 aliphatic heterocycles. The molecular formula is C11H15N5O2S. The Bertz CT molecular complexity index is 678. The van der Waals surface area contributed by atoms with Crippen molar-refractivity contribution >= 4 is 21.5 Å². The molecule has 0 atom stereocenters. The van der Waals surface area contributed by atoms with Crippen molar-refractivity contribution in [3.05, 3.63) is 30.7 Å². The predicted octanol–water partition coefficient (Wildman–Crippen LogP) is 1.24. The lowest BCUT2D eigenvalue weighted by atomic mass is 10.4. The van der Waals surface area contributed by atoms with Gasteiger partial charge in [0.2, 0.25) is 0 Å². The highest BCUT2D eigenvalue weighted by Gasteiger charge is 2.18. The fraction of sp³-hybridized carbons (Fsp3) is 0.273. The van der Waals surface area contributed by atoms with E-state index < -0.39 is 10.0 Å². The van der Waals surface area contributed by atoms with E-state index in [2.05, 4.69) is 14.8 Å². The minimum absolute atomic E-state index is 0.0359. The largest absolute Gasteiger partial charge is 0.383 e. The van der Waals surface area contributed by atoms with E-state index in [-0.39, 0.29) is 16.8 Å². The Balaban J connectivity index is 2.29. The summed E-state index contributed by atoms with van der Waals surface area (Å²) in [6.07, 6.45) is 4.50. The molecule has 0 aliphatic carbocycles. The smallest absolute Gasteiger partial charge is 0.265 e. The van der Waals surface area contributed by atoms with E-state index >= 15 is 0 Å². The van der Waals surface area contributed by atoms with Gasteiger partial charge in [0.05, 0.1) is 11.9 Å². The molecule has 0 spiro atoms. The number of nitrogens with one attached hydrogen (secondary N) is 1. The minimum Gasteiger partial charge on any atom is -0.383 e. The van der Waals surface area contributed by atoms with Crippen LogP contribution in [0, 0.1) is 0 Å². The van der Waals surface area contributed by atoms with Crippen LogP contribution in [0.15, 0.2) is 35.6 Å². The van der Waals surface area contributed by atoms with Crippen LogP contribution in [0.25, 0.3) is 0 Å². The Kier molecular flexibility index (Phi) is 3.43. The molecule has 0 unspecified atom stereocenters. The molecule has 0 aromatic carbocycles. The average Bonchev–Trinajstić information content (AvgIpc) is 2.77. The second kappa shape index (κ2) is 4.88. The molecule has 0 radical (unpaired) electrons. The van der Waals surface area contributed by atoms with Gasteiger partial charge in [0.25, 0.3) is 10.0 Å². The van der Waals surface area contributed by atoms with Gasteiger partial charge in [0, 0.05) is 18.4 Å². The van der Waals surface area contributed by atoms with Crippen molar-refractivity contribution in [2.24, 2.45) is 0 Å². The molecule has 7 nitrogen and oxygen atoms in total. The van der Waals surface area contributed by atoms with Gasteiger partial charge in [-0.1, -0.05) is 0 Å². The van der Waals surface area contributed by atoms with E-state index in [0.717, 1.165) is 0 Å². The predicted molar refractivity (Wildman–Crippen MR) is 72.1 cm³/mol. The molecule has 2 rings (SSSR count). The molecule has 2 heterocycles. The zero-order valence-electron chi connectivity index (χ0n) is 10.6. The Morgan fingerprint density at radius 2 is 2.16 bits per heavy atom. The molecular weight excluding hydrogens is 266 g/mol. The van der Waals surface area contributed by atoms with E-state index in [1.165, 1.54) is 24.5 Å². The maximum atomic E-state index is 12.1. The standard InChI is InChI=1S/C11H15N5O2S/c1-8(2)16-7-9(6-14-16)15-19(17,18)10-4-3-5-13-11(10)12/h3-8,15H,1-2H3,(H2,12,13). The number of nitrogens with two attached hydrogens (primary N) is 1. The summed E-state index contributed by atoms with van der Waals surface area (Å²) in [6, 6.07) is 3.07. The lowest BCUT2D eigenvalue weighted by Gasteiger charge is -2.07. The maximum Gasteiger partial charge on any atom is 0.265 e. The van der Waals surface area contributed by atoms with Crippen LogP contribution in [0.1, 0.15) is 19.9 Å². The summed E-state index contributed by atoms with van der Waals surface area (Å²) in [5.41, 5.74) is 5.95. The number of hydrogen-bond donors (Lipinski definition) is 2. The van der Waals surface area contributed by atoms with Crippen molar-refractivity contribution in [2.45, 2.75) is 24.8 Å². The first-order valence-corrected chi connectivity index (χ1v) is 7.16. The number of nitrogens with zero attached hydrogens (tertiary/aromatic N) is 3. The zero-order valence-corrected chi connectivity index (χ0v) is 11.4. The second-order valence-corrected chi connectivity index (χ2v) is 5.95. The highest BCUT2D eigenvalue weighted by atomic mass is 32.2. The molecule has 0 amide bonds. The topological polar surface area (TPSA) is 103 Å². The molecule has 19 heavy (non-hydrogen) atoms. The summed E-state index contributed by atoms with van der Waals surface area (Å²) in [4.78, 5) is 3.71. The monoisotopic (exact) mass is 281 g/mol. The van der Waals surface area contributed by atoms with Crippen molar-refractivity contribution < 1.29 is 8.42 Å². The normalized spacial score (nSPS) is 11.7. The number of pyridine rings is 1. The van der Waals surface area contributed by atoms with Gasteiger partial charge in [-0.3, -0.25) is 9.40 Å². The summed E-state index contributed by atoms with van der Waals surface area (Å²) < 4.78 is 28.3. The summed E-state index contributed by atoms with van der Waals surface area (Å²) in [6.45, 7) is 3.90. The van der Waals surface area contributed by atoms with Gasteiger partial charge in [-0.05, 0) is 26.0 Å². The Morgan fingerprint density at radius 1 is 1.42 bits per heavy atom. The van der Waals surface area contributed by atoms with Crippen LogP contribution in [0.3, 0.4) is 0 Å². The average molecular weight is 281 g/mol. The van der Waals surface area contributed by atoms with Gasteiger partial charge in [-0.25, -0.2) is 13.4 Å². The van der Waals surface area contributed by atoms with Crippen molar-refractivity contribution in [1.29, 1.82) is 0 Å². The maximum absolute atomic E-state index is 12.1. The molecule has 2 aromatic rings. The fourth-order valence-corrected chi connectivity index (χ4v) is 2.62. The highest BCUT2D eigenvalue weighted by Crippen LogP contribution is 2.19. The Morgan fingerprint density at radius 3 is 2.74 bits per heavy atom. The van der Waals surface area contributed by atoms with Crippen LogP contribution in [-0.2, 0) is 10.0 Å². The summed E-state index contributed by atoms with van der Waals surface area (Å²) in [7, 11) is -3.75. The molecule has 0 saturated carbocycles. The van der Waals surface area contributed by atoms with Gasteiger partial charge >= 0.3 is 0 Å². The quantitative estimate of drug-likeness (QED) is 0.877. The number of aromatic nitrogens is 3. The van der Waals surface area contributed by atoms with Crippen LogP contribution in [0.4, 0.5) is 11.5 Å². The number of rotatable bonds is 4. The van der Waals surface area contributed by atoms with E-state index in [9.17, 15) is 8.42 Å². The van der Waals surface area contributed by atoms with Gasteiger partial charge in [-0.15, -0.1) is 0 Å². The lowest BCUT2D eigenvalue weighted by Crippen LogP contribution is -2.15. The van der Waals surface area contributed by atoms with Crippen LogP contribution in [0.5, 0.6) is 0 Å². The number of anilines is 2. The van der Waals surface area contributed by atoms with Gasteiger partial charge in [-0.2, -0.15) is 5.10 Å². The van der Waals surface area contributed by atoms with Crippen molar-refractivity contribution in [3.8, 4) is 0 Å². The van der Waals surface area contributed by atoms with Crippen LogP contribution < -0.4 is 10.5 Å². The van der Waals surface area contributed by atoms with Crippen molar-refractivity contribution in [1.82, 2.24) is 14.8 Å². The Labute approximate surface area is 111 Å². The van der Waals surface area contributed by atoms with Gasteiger partial charge in [0.15, 0.2) is 0 Å². The van der Waals surface area contributed by atoms with Crippen LogP contribution >= 0.6 is 0 Å². The first-order chi connectivity index (χ1) is 8.90. The van der Waals surface area contributed by atoms with E-state index in [1.807, 2.05) is 13.8 Å². The summed E-state index contributed by atoms with van der Waals surface area (Å²) >= 11 is 0. The van der Waals surface area contributed by atoms with E-state index in [4.69, 9.17) is 5.73 Å². The fourth-order valence-electron chi connectivity index (χ4n) is 1.51. The molecule has 0 bridgehead atoms. The highest BCUT2D eigenvalue weighted by molar-refractivity contribution is 7.92. The molecule has 102 valence electrons. The SMILES string of the molecule is CC(C)n1cc(NS(=O)(=O)c2cccnc2N)cn1. The molecule has 0 fully saturated rings. The van der Waals surface area contributed by atoms with Crippen LogP contribution in [-0.4, -0.2) is 23.2 Å². The third kappa shape index (κ3) is 2.84. The molecule has 0 aliphatic rings.